The van der Waals surface area contributed by atoms with Gasteiger partial charge in [0.15, 0.2) is 0 Å². The van der Waals surface area contributed by atoms with Crippen molar-refractivity contribution in [2.75, 3.05) is 6.61 Å². The number of aliphatic hydroxyl groups excluding tert-OH is 1. The van der Waals surface area contributed by atoms with Crippen LogP contribution in [0.25, 0.3) is 0 Å². The lowest BCUT2D eigenvalue weighted by Gasteiger charge is -2.07. The molecule has 0 saturated heterocycles. The van der Waals surface area contributed by atoms with Crippen LogP contribution in [-0.4, -0.2) is 11.7 Å². The molecule has 176 valence electrons. The molecule has 0 aliphatic carbocycles. The van der Waals surface area contributed by atoms with Crippen LogP contribution in [0.2, 0.25) is 0 Å². The third-order valence-corrected chi connectivity index (χ3v) is 6.61. The fourth-order valence-corrected chi connectivity index (χ4v) is 4.37. The molecule has 1 heteroatoms. The summed E-state index contributed by atoms with van der Waals surface area (Å²) in [5, 5.41) is 9.01. The van der Waals surface area contributed by atoms with Crippen molar-refractivity contribution in [2.45, 2.75) is 168 Å². The van der Waals surface area contributed by atoms with Gasteiger partial charge in [-0.15, -0.1) is 0 Å². The summed E-state index contributed by atoms with van der Waals surface area (Å²) in [5.41, 5.74) is 0. The first-order valence-electron chi connectivity index (χ1n) is 13.9. The fraction of sp³-hybridized carbons (Fsp3) is 1.00. The van der Waals surface area contributed by atoms with E-state index in [9.17, 15) is 0 Å². The van der Waals surface area contributed by atoms with Gasteiger partial charge in [0, 0.05) is 6.61 Å². The van der Waals surface area contributed by atoms with E-state index >= 15 is 0 Å². The molecular formula is C28H58O. The lowest BCUT2D eigenvalue weighted by Crippen LogP contribution is -1.99. The van der Waals surface area contributed by atoms with Gasteiger partial charge in [0.2, 0.25) is 0 Å². The molecule has 0 heterocycles. The van der Waals surface area contributed by atoms with Crippen molar-refractivity contribution in [3.05, 3.63) is 0 Å². The van der Waals surface area contributed by atoms with Crippen LogP contribution in [0.4, 0.5) is 0 Å². The summed E-state index contributed by atoms with van der Waals surface area (Å²) in [6.07, 6.45) is 34.5. The van der Waals surface area contributed by atoms with Gasteiger partial charge in [0.05, 0.1) is 0 Å². The molecule has 0 aliphatic heterocycles. The molecule has 0 spiro atoms. The normalized spacial score (nSPS) is 12.5. The third kappa shape index (κ3) is 25.9. The van der Waals surface area contributed by atoms with Crippen LogP contribution in [0.3, 0.4) is 0 Å². The fourth-order valence-electron chi connectivity index (χ4n) is 4.37. The van der Waals surface area contributed by atoms with Crippen molar-refractivity contribution < 1.29 is 5.11 Å². The average molecular weight is 411 g/mol. The zero-order chi connectivity index (χ0) is 21.3. The summed E-state index contributed by atoms with van der Waals surface area (Å²) in [6, 6.07) is 0. The van der Waals surface area contributed by atoms with Crippen molar-refractivity contribution in [1.29, 1.82) is 0 Å². The molecule has 0 aromatic heterocycles. The number of unbranched alkanes of at least 4 members (excludes halogenated alkanes) is 22. The zero-order valence-electron chi connectivity index (χ0n) is 20.7. The quantitative estimate of drug-likeness (QED) is 0.148. The van der Waals surface area contributed by atoms with Gasteiger partial charge in [-0.3, -0.25) is 0 Å². The predicted octanol–water partition coefficient (Wildman–Crippen LogP) is 10.00. The second-order valence-electron chi connectivity index (χ2n) is 9.85. The Labute approximate surface area is 185 Å². The lowest BCUT2D eigenvalue weighted by atomic mass is 10.0. The summed E-state index contributed by atoms with van der Waals surface area (Å²) < 4.78 is 0. The maximum Gasteiger partial charge on any atom is 0.0456 e. The molecule has 0 rings (SSSR count). The summed E-state index contributed by atoms with van der Waals surface area (Å²) in [5.74, 6) is 0.505. The van der Waals surface area contributed by atoms with Crippen LogP contribution < -0.4 is 0 Å². The van der Waals surface area contributed by atoms with Gasteiger partial charge in [0.1, 0.15) is 0 Å². The minimum atomic E-state index is 0.360. The highest BCUT2D eigenvalue weighted by atomic mass is 16.3. The van der Waals surface area contributed by atoms with Gasteiger partial charge in [-0.25, -0.2) is 0 Å². The molecule has 1 nitrogen and oxygen atoms in total. The Hall–Kier alpha value is -0.0400. The van der Waals surface area contributed by atoms with Crippen LogP contribution in [0.5, 0.6) is 0 Å². The molecule has 1 N–H and O–H groups in total. The molecule has 0 amide bonds. The van der Waals surface area contributed by atoms with Gasteiger partial charge in [-0.05, 0) is 12.3 Å². The van der Waals surface area contributed by atoms with Crippen molar-refractivity contribution in [2.24, 2.45) is 5.92 Å². The Balaban J connectivity index is 3.00. The van der Waals surface area contributed by atoms with Crippen LogP contribution in [-0.2, 0) is 0 Å². The molecule has 0 aliphatic rings. The highest BCUT2D eigenvalue weighted by Crippen LogP contribution is 2.16. The molecule has 0 fully saturated rings. The minimum absolute atomic E-state index is 0.360. The smallest absolute Gasteiger partial charge is 0.0456 e. The monoisotopic (exact) mass is 410 g/mol. The Morgan fingerprint density at radius 1 is 0.414 bits per heavy atom. The van der Waals surface area contributed by atoms with E-state index in [4.69, 9.17) is 5.11 Å². The molecule has 0 saturated carbocycles. The van der Waals surface area contributed by atoms with E-state index in [1.165, 1.54) is 154 Å². The van der Waals surface area contributed by atoms with E-state index in [1.54, 1.807) is 0 Å². The summed E-state index contributed by atoms with van der Waals surface area (Å²) >= 11 is 0. The molecular weight excluding hydrogens is 352 g/mol. The summed E-state index contributed by atoms with van der Waals surface area (Å²) in [6.45, 7) is 4.81. The Bertz CT molecular complexity index is 275. The standard InChI is InChI=1S/C28H58O/c1-3-4-5-6-7-8-9-10-11-12-13-14-15-16-17-18-19-20-21-22-23-24-25-26-28(2)27-29/h28-29H,3-27H2,1-2H3. The first-order valence-corrected chi connectivity index (χ1v) is 13.9. The van der Waals surface area contributed by atoms with E-state index in [0.717, 1.165) is 0 Å². The van der Waals surface area contributed by atoms with Crippen molar-refractivity contribution >= 4 is 0 Å². The molecule has 0 aromatic carbocycles. The number of hydrogen-bond acceptors (Lipinski definition) is 1. The van der Waals surface area contributed by atoms with Crippen LogP contribution in [0.1, 0.15) is 168 Å². The van der Waals surface area contributed by atoms with E-state index in [-0.39, 0.29) is 0 Å². The highest BCUT2D eigenvalue weighted by Gasteiger charge is 1.99. The van der Waals surface area contributed by atoms with E-state index in [0.29, 0.717) is 12.5 Å². The van der Waals surface area contributed by atoms with Gasteiger partial charge in [0.25, 0.3) is 0 Å². The van der Waals surface area contributed by atoms with E-state index in [2.05, 4.69) is 13.8 Å². The molecule has 0 bridgehead atoms. The lowest BCUT2D eigenvalue weighted by molar-refractivity contribution is 0.227. The SMILES string of the molecule is CCCCCCCCCCCCCCCCCCCCCCCCCC(C)CO. The molecule has 0 aromatic rings. The minimum Gasteiger partial charge on any atom is -0.396 e. The van der Waals surface area contributed by atoms with Gasteiger partial charge < -0.3 is 5.11 Å². The first-order chi connectivity index (χ1) is 14.3. The van der Waals surface area contributed by atoms with Gasteiger partial charge in [-0.2, -0.15) is 0 Å². The summed E-state index contributed by atoms with van der Waals surface area (Å²) in [7, 11) is 0. The Morgan fingerprint density at radius 3 is 0.897 bits per heavy atom. The maximum atomic E-state index is 9.01. The molecule has 1 atom stereocenters. The van der Waals surface area contributed by atoms with Crippen molar-refractivity contribution in [3.8, 4) is 0 Å². The van der Waals surface area contributed by atoms with Crippen molar-refractivity contribution in [3.63, 3.8) is 0 Å². The zero-order valence-corrected chi connectivity index (χ0v) is 20.7. The topological polar surface area (TPSA) is 20.2 Å². The molecule has 1 unspecified atom stereocenters. The van der Waals surface area contributed by atoms with Gasteiger partial charge >= 0.3 is 0 Å². The van der Waals surface area contributed by atoms with E-state index in [1.807, 2.05) is 0 Å². The van der Waals surface area contributed by atoms with Crippen LogP contribution in [0, 0.1) is 5.92 Å². The second-order valence-corrected chi connectivity index (χ2v) is 9.85. The average Bonchev–Trinajstić information content (AvgIpc) is 2.74. The van der Waals surface area contributed by atoms with Gasteiger partial charge in [-0.1, -0.05) is 162 Å². The largest absolute Gasteiger partial charge is 0.396 e. The molecule has 29 heavy (non-hydrogen) atoms. The molecule has 0 radical (unpaired) electrons. The van der Waals surface area contributed by atoms with E-state index < -0.39 is 0 Å². The number of rotatable bonds is 25. The number of hydrogen-bond donors (Lipinski definition) is 1. The second kappa shape index (κ2) is 26.0. The first kappa shape index (κ1) is 29.0. The Kier molecular flexibility index (Phi) is 26.0. The maximum absolute atomic E-state index is 9.01. The highest BCUT2D eigenvalue weighted by molar-refractivity contribution is 4.53. The predicted molar refractivity (Wildman–Crippen MR) is 133 cm³/mol. The number of aliphatic hydroxyl groups is 1. The summed E-state index contributed by atoms with van der Waals surface area (Å²) in [4.78, 5) is 0. The van der Waals surface area contributed by atoms with Crippen molar-refractivity contribution in [1.82, 2.24) is 0 Å². The third-order valence-electron chi connectivity index (χ3n) is 6.61. The Morgan fingerprint density at radius 2 is 0.655 bits per heavy atom. The van der Waals surface area contributed by atoms with Crippen LogP contribution >= 0.6 is 0 Å². The van der Waals surface area contributed by atoms with Crippen LogP contribution in [0.15, 0.2) is 0 Å².